The average Bonchev–Trinajstić information content (AvgIpc) is 3.26. The number of hydrogen-bond donors (Lipinski definition) is 0. The number of halogens is 2. The van der Waals surface area contributed by atoms with Crippen LogP contribution in [-0.2, 0) is 30.5 Å². The number of hydrogen-bond acceptors (Lipinski definition) is 6. The smallest absolute Gasteiger partial charge is 0.234 e. The Morgan fingerprint density at radius 1 is 0.757 bits per heavy atom. The molecule has 0 saturated carbocycles. The molecule has 196 valence electrons. The third-order valence-corrected chi connectivity index (χ3v) is 8.28. The maximum absolute atomic E-state index is 13.1. The van der Waals surface area contributed by atoms with Gasteiger partial charge in [-0.2, -0.15) is 0 Å². The minimum absolute atomic E-state index is 0.0254. The highest BCUT2D eigenvalue weighted by molar-refractivity contribution is 6.30. The maximum atomic E-state index is 13.1. The van der Waals surface area contributed by atoms with Crippen molar-refractivity contribution >= 4 is 46.8 Å². The highest BCUT2D eigenvalue weighted by Crippen LogP contribution is 2.40. The zero-order valence-corrected chi connectivity index (χ0v) is 21.9. The molecule has 0 spiro atoms. The second kappa shape index (κ2) is 11.1. The van der Waals surface area contributed by atoms with E-state index in [-0.39, 0.29) is 37.0 Å². The fraction of sp³-hybridized carbons (Fsp3) is 0.481. The number of allylic oxidation sites excluding steroid dienone is 4. The van der Waals surface area contributed by atoms with E-state index in [0.717, 1.165) is 5.56 Å². The molecule has 2 aliphatic heterocycles. The number of amides is 4. The summed E-state index contributed by atoms with van der Waals surface area (Å²) in [7, 11) is 0. The Labute approximate surface area is 225 Å². The molecule has 2 aliphatic carbocycles. The molecule has 2 fully saturated rings. The summed E-state index contributed by atoms with van der Waals surface area (Å²) in [5, 5.41) is 1.19. The normalized spacial score (nSPS) is 27.5. The lowest BCUT2D eigenvalue weighted by molar-refractivity contribution is -0.145. The Kier molecular flexibility index (Phi) is 7.81. The fourth-order valence-corrected chi connectivity index (χ4v) is 6.13. The molecular weight excluding hydrogens is 517 g/mol. The summed E-state index contributed by atoms with van der Waals surface area (Å²) in [6.45, 7) is 0.969. The SMILES string of the molecule is O=C1[C@H]2CC(Cl)=CC[C@H]2C(=O)N1CN(CCOCc1ccccc1)CN1C(=O)[C@@H]2CC=C(Cl)C[C@H]2C1=O. The summed E-state index contributed by atoms with van der Waals surface area (Å²) < 4.78 is 5.83. The lowest BCUT2D eigenvalue weighted by Crippen LogP contribution is -2.49. The van der Waals surface area contributed by atoms with Crippen molar-refractivity contribution in [2.45, 2.75) is 32.3 Å². The number of ether oxygens (including phenoxy) is 1. The van der Waals surface area contributed by atoms with Gasteiger partial charge in [0.05, 0.1) is 50.2 Å². The Morgan fingerprint density at radius 2 is 1.24 bits per heavy atom. The van der Waals surface area contributed by atoms with Gasteiger partial charge in [0.1, 0.15) is 0 Å². The topological polar surface area (TPSA) is 87.2 Å². The van der Waals surface area contributed by atoms with Gasteiger partial charge in [-0.25, -0.2) is 0 Å². The molecule has 4 amide bonds. The molecule has 37 heavy (non-hydrogen) atoms. The minimum atomic E-state index is -0.465. The van der Waals surface area contributed by atoms with Gasteiger partial charge in [-0.15, -0.1) is 0 Å². The molecule has 0 radical (unpaired) electrons. The third kappa shape index (κ3) is 5.39. The molecule has 4 aliphatic rings. The first kappa shape index (κ1) is 26.1. The molecule has 1 aromatic rings. The van der Waals surface area contributed by atoms with E-state index >= 15 is 0 Å². The Bertz CT molecular complexity index is 1090. The summed E-state index contributed by atoms with van der Waals surface area (Å²) in [5.41, 5.74) is 1.02. The van der Waals surface area contributed by atoms with E-state index < -0.39 is 23.7 Å². The van der Waals surface area contributed by atoms with Crippen LogP contribution in [0.2, 0.25) is 0 Å². The second-order valence-corrected chi connectivity index (χ2v) is 11.0. The first-order chi connectivity index (χ1) is 17.8. The molecule has 10 heteroatoms. The van der Waals surface area contributed by atoms with Gasteiger partial charge >= 0.3 is 0 Å². The molecule has 4 atom stereocenters. The van der Waals surface area contributed by atoms with E-state index in [1.807, 2.05) is 30.3 Å². The van der Waals surface area contributed by atoms with E-state index in [0.29, 0.717) is 55.5 Å². The van der Waals surface area contributed by atoms with Gasteiger partial charge in [0.15, 0.2) is 0 Å². The minimum Gasteiger partial charge on any atom is -0.375 e. The Hall–Kier alpha value is -2.52. The number of benzene rings is 1. The summed E-state index contributed by atoms with van der Waals surface area (Å²) in [6, 6.07) is 9.72. The maximum Gasteiger partial charge on any atom is 0.234 e. The molecule has 0 aromatic heterocycles. The van der Waals surface area contributed by atoms with Crippen LogP contribution in [0, 0.1) is 23.7 Å². The molecule has 0 N–H and O–H groups in total. The van der Waals surface area contributed by atoms with Gasteiger partial charge in [-0.3, -0.25) is 33.9 Å². The Balaban J connectivity index is 1.28. The van der Waals surface area contributed by atoms with Gasteiger partial charge in [-0.1, -0.05) is 65.7 Å². The van der Waals surface area contributed by atoms with Crippen molar-refractivity contribution in [2.24, 2.45) is 23.7 Å². The van der Waals surface area contributed by atoms with E-state index in [2.05, 4.69) is 0 Å². The third-order valence-electron chi connectivity index (χ3n) is 7.67. The van der Waals surface area contributed by atoms with Crippen LogP contribution in [0.25, 0.3) is 0 Å². The van der Waals surface area contributed by atoms with Crippen LogP contribution in [-0.4, -0.2) is 64.8 Å². The van der Waals surface area contributed by atoms with E-state index in [1.54, 1.807) is 17.1 Å². The predicted octanol–water partition coefficient (Wildman–Crippen LogP) is 3.46. The van der Waals surface area contributed by atoms with Crippen LogP contribution in [0.1, 0.15) is 31.2 Å². The zero-order chi connectivity index (χ0) is 26.1. The molecule has 2 heterocycles. The number of carbonyl (C=O) groups is 4. The van der Waals surface area contributed by atoms with Crippen LogP contribution < -0.4 is 0 Å². The summed E-state index contributed by atoms with van der Waals surface area (Å²) in [4.78, 5) is 56.8. The Morgan fingerprint density at radius 3 is 1.76 bits per heavy atom. The molecule has 8 nitrogen and oxygen atoms in total. The second-order valence-electron chi connectivity index (χ2n) is 10.0. The highest BCUT2D eigenvalue weighted by Gasteiger charge is 2.51. The summed E-state index contributed by atoms with van der Waals surface area (Å²) in [6.07, 6.45) is 5.18. The van der Waals surface area contributed by atoms with Crippen LogP contribution in [0.4, 0.5) is 0 Å². The molecular formula is C27H29Cl2N3O5. The number of rotatable bonds is 9. The zero-order valence-electron chi connectivity index (χ0n) is 20.4. The first-order valence-electron chi connectivity index (χ1n) is 12.6. The summed E-state index contributed by atoms with van der Waals surface area (Å²) >= 11 is 12.3. The molecule has 5 rings (SSSR count). The number of carbonyl (C=O) groups excluding carboxylic acids is 4. The van der Waals surface area contributed by atoms with Gasteiger partial charge in [-0.05, 0) is 31.2 Å². The lowest BCUT2D eigenvalue weighted by atomic mass is 9.85. The fourth-order valence-electron chi connectivity index (χ4n) is 5.61. The number of fused-ring (bicyclic) bond motifs is 2. The van der Waals surface area contributed by atoms with E-state index in [4.69, 9.17) is 27.9 Å². The van der Waals surface area contributed by atoms with Crippen LogP contribution in [0.5, 0.6) is 0 Å². The van der Waals surface area contributed by atoms with E-state index in [1.165, 1.54) is 9.80 Å². The lowest BCUT2D eigenvalue weighted by Gasteiger charge is -2.30. The highest BCUT2D eigenvalue weighted by atomic mass is 35.5. The van der Waals surface area contributed by atoms with Crippen molar-refractivity contribution in [1.82, 2.24) is 14.7 Å². The summed E-state index contributed by atoms with van der Waals surface area (Å²) in [5.74, 6) is -2.78. The first-order valence-corrected chi connectivity index (χ1v) is 13.3. The van der Waals surface area contributed by atoms with Gasteiger partial charge in [0.2, 0.25) is 23.6 Å². The average molecular weight is 546 g/mol. The van der Waals surface area contributed by atoms with Crippen molar-refractivity contribution in [3.8, 4) is 0 Å². The van der Waals surface area contributed by atoms with Crippen molar-refractivity contribution < 1.29 is 23.9 Å². The van der Waals surface area contributed by atoms with Crippen LogP contribution >= 0.6 is 23.2 Å². The van der Waals surface area contributed by atoms with E-state index in [9.17, 15) is 19.2 Å². The molecule has 2 saturated heterocycles. The molecule has 0 unspecified atom stereocenters. The van der Waals surface area contributed by atoms with Gasteiger partial charge in [0.25, 0.3) is 0 Å². The monoisotopic (exact) mass is 545 g/mol. The van der Waals surface area contributed by atoms with Crippen LogP contribution in [0.3, 0.4) is 0 Å². The predicted molar refractivity (Wildman–Crippen MR) is 137 cm³/mol. The van der Waals surface area contributed by atoms with Gasteiger partial charge < -0.3 is 4.74 Å². The van der Waals surface area contributed by atoms with Crippen molar-refractivity contribution in [1.29, 1.82) is 0 Å². The van der Waals surface area contributed by atoms with Crippen molar-refractivity contribution in [3.05, 3.63) is 58.1 Å². The van der Waals surface area contributed by atoms with Crippen molar-refractivity contribution in [2.75, 3.05) is 26.5 Å². The quantitative estimate of drug-likeness (QED) is 0.349. The molecule has 0 bridgehead atoms. The number of imide groups is 2. The standard InChI is InChI=1S/C27H29Cl2N3O5/c28-18-6-8-20-22(12-18)26(35)31(24(20)33)15-30(10-11-37-14-17-4-2-1-3-5-17)16-32-25(34)21-9-7-19(29)13-23(21)27(32)36/h1-7,20-23H,8-16H2/t20-,21-,22-,23+/m1/s1. The molecule has 1 aromatic carbocycles. The van der Waals surface area contributed by atoms with Crippen molar-refractivity contribution in [3.63, 3.8) is 0 Å². The van der Waals surface area contributed by atoms with Crippen LogP contribution in [0.15, 0.2) is 52.5 Å². The van der Waals surface area contributed by atoms with Gasteiger partial charge in [0, 0.05) is 16.6 Å². The largest absolute Gasteiger partial charge is 0.375 e. The number of likely N-dealkylation sites (tertiary alicyclic amines) is 2. The number of nitrogens with zero attached hydrogens (tertiary/aromatic N) is 3.